The molecule has 0 bridgehead atoms. The van der Waals surface area contributed by atoms with Crippen LogP contribution in [-0.2, 0) is 19.9 Å². The Labute approximate surface area is 175 Å². The Kier molecular flexibility index (Phi) is 4.24. The number of carbonyl (C=O) groups is 2. The maximum absolute atomic E-state index is 13.6. The molecule has 3 aromatic rings. The van der Waals surface area contributed by atoms with Crippen LogP contribution in [-0.4, -0.2) is 33.7 Å². The minimum atomic E-state index is -0.225. The molecule has 2 amide bonds. The Hall–Kier alpha value is -3.41. The zero-order valence-corrected chi connectivity index (χ0v) is 17.4. The Morgan fingerprint density at radius 1 is 0.833 bits per heavy atom. The van der Waals surface area contributed by atoms with Gasteiger partial charge in [-0.05, 0) is 49.9 Å². The van der Waals surface area contributed by atoms with Gasteiger partial charge in [-0.1, -0.05) is 36.4 Å². The molecule has 0 aliphatic carbocycles. The van der Waals surface area contributed by atoms with Gasteiger partial charge >= 0.3 is 0 Å². The van der Waals surface area contributed by atoms with Crippen molar-refractivity contribution < 1.29 is 9.59 Å². The van der Waals surface area contributed by atoms with Gasteiger partial charge in [-0.15, -0.1) is 0 Å². The predicted molar refractivity (Wildman–Crippen MR) is 116 cm³/mol. The molecule has 0 saturated heterocycles. The van der Waals surface area contributed by atoms with Crippen molar-refractivity contribution in [1.29, 1.82) is 0 Å². The minimum Gasteiger partial charge on any atom is -0.305 e. The number of hydrogen-bond donors (Lipinski definition) is 0. The van der Waals surface area contributed by atoms with E-state index in [0.717, 1.165) is 35.3 Å². The third-order valence-corrected chi connectivity index (χ3v) is 6.11. The molecule has 0 unspecified atom stereocenters. The largest absolute Gasteiger partial charge is 0.305 e. The monoisotopic (exact) mass is 400 g/mol. The van der Waals surface area contributed by atoms with Crippen molar-refractivity contribution in [2.75, 3.05) is 9.80 Å². The van der Waals surface area contributed by atoms with Gasteiger partial charge in [0.25, 0.3) is 11.8 Å². The zero-order chi connectivity index (χ0) is 21.0. The second-order valence-corrected chi connectivity index (χ2v) is 8.28. The Morgan fingerprint density at radius 2 is 1.33 bits per heavy atom. The number of anilines is 2. The third kappa shape index (κ3) is 2.75. The SMILES string of the molecule is C[C@@H]1Cc2ccccc2N1C(=O)c1cn(C)nc1C(=O)N1c2ccccc2C[C@H]1C. The summed E-state index contributed by atoms with van der Waals surface area (Å²) in [6.45, 7) is 4.07. The van der Waals surface area contributed by atoms with Gasteiger partial charge in [-0.3, -0.25) is 14.3 Å². The van der Waals surface area contributed by atoms with Crippen molar-refractivity contribution in [2.24, 2.45) is 7.05 Å². The summed E-state index contributed by atoms with van der Waals surface area (Å²) < 4.78 is 1.56. The van der Waals surface area contributed by atoms with Gasteiger partial charge in [0.1, 0.15) is 0 Å². The second kappa shape index (κ2) is 6.83. The standard InChI is InChI=1S/C24H24N4O2/c1-15-12-17-8-4-6-10-20(17)27(15)23(29)19-14-26(3)25-22(19)24(30)28-16(2)13-18-9-5-7-11-21(18)28/h4-11,14-16H,12-13H2,1-3H3/t15-,16-/m1/s1. The molecular weight excluding hydrogens is 376 g/mol. The topological polar surface area (TPSA) is 58.4 Å². The molecule has 0 N–H and O–H groups in total. The first kappa shape index (κ1) is 18.6. The number of nitrogens with zero attached hydrogens (tertiary/aromatic N) is 4. The Balaban J connectivity index is 1.54. The normalized spacial score (nSPS) is 19.7. The summed E-state index contributed by atoms with van der Waals surface area (Å²) in [6, 6.07) is 15.9. The van der Waals surface area contributed by atoms with Crippen LogP contribution in [0.25, 0.3) is 0 Å². The van der Waals surface area contributed by atoms with Crippen LogP contribution in [0.5, 0.6) is 0 Å². The van der Waals surface area contributed by atoms with Gasteiger partial charge in [0.05, 0.1) is 5.56 Å². The molecule has 0 radical (unpaired) electrons. The van der Waals surface area contributed by atoms with Gasteiger partial charge in [0, 0.05) is 36.7 Å². The fourth-order valence-corrected chi connectivity index (χ4v) is 4.80. The van der Waals surface area contributed by atoms with Gasteiger partial charge in [0.2, 0.25) is 0 Å². The lowest BCUT2D eigenvalue weighted by Gasteiger charge is -2.24. The number of aromatic nitrogens is 2. The Bertz CT molecular complexity index is 1080. The van der Waals surface area contributed by atoms with E-state index in [4.69, 9.17) is 0 Å². The zero-order valence-electron chi connectivity index (χ0n) is 17.4. The molecule has 0 fully saturated rings. The number of fused-ring (bicyclic) bond motifs is 2. The molecule has 30 heavy (non-hydrogen) atoms. The highest BCUT2D eigenvalue weighted by atomic mass is 16.2. The lowest BCUT2D eigenvalue weighted by molar-refractivity contribution is 0.0946. The molecule has 3 heterocycles. The van der Waals surface area contributed by atoms with Crippen LogP contribution in [0.3, 0.4) is 0 Å². The van der Waals surface area contributed by atoms with E-state index < -0.39 is 0 Å². The summed E-state index contributed by atoms with van der Waals surface area (Å²) in [7, 11) is 1.75. The van der Waals surface area contributed by atoms with Gasteiger partial charge in [-0.2, -0.15) is 5.10 Å². The molecule has 2 atom stereocenters. The number of aryl methyl sites for hydroxylation is 1. The summed E-state index contributed by atoms with van der Waals surface area (Å²) >= 11 is 0. The van der Waals surface area contributed by atoms with Gasteiger partial charge in [-0.25, -0.2) is 0 Å². The number of benzene rings is 2. The van der Waals surface area contributed by atoms with E-state index in [9.17, 15) is 9.59 Å². The van der Waals surface area contributed by atoms with Crippen molar-refractivity contribution in [2.45, 2.75) is 38.8 Å². The summed E-state index contributed by atoms with van der Waals surface area (Å²) in [5.74, 6) is -0.402. The van der Waals surface area contributed by atoms with Crippen molar-refractivity contribution in [3.8, 4) is 0 Å². The first-order valence-corrected chi connectivity index (χ1v) is 10.3. The van der Waals surface area contributed by atoms with Crippen molar-refractivity contribution in [3.05, 3.63) is 77.1 Å². The first-order valence-electron chi connectivity index (χ1n) is 10.3. The van der Waals surface area contributed by atoms with E-state index >= 15 is 0 Å². The molecule has 0 spiro atoms. The number of amides is 2. The van der Waals surface area contributed by atoms with Crippen molar-refractivity contribution in [1.82, 2.24) is 9.78 Å². The van der Waals surface area contributed by atoms with E-state index in [1.807, 2.05) is 56.3 Å². The highest BCUT2D eigenvalue weighted by molar-refractivity contribution is 6.17. The average molecular weight is 400 g/mol. The van der Waals surface area contributed by atoms with Crippen LogP contribution in [0, 0.1) is 0 Å². The van der Waals surface area contributed by atoms with E-state index in [1.165, 1.54) is 0 Å². The Morgan fingerprint density at radius 3 is 1.90 bits per heavy atom. The highest BCUT2D eigenvalue weighted by Crippen LogP contribution is 2.35. The van der Waals surface area contributed by atoms with E-state index in [2.05, 4.69) is 11.2 Å². The van der Waals surface area contributed by atoms with E-state index in [1.54, 1.807) is 27.7 Å². The van der Waals surface area contributed by atoms with Crippen LogP contribution in [0.4, 0.5) is 11.4 Å². The number of hydrogen-bond acceptors (Lipinski definition) is 3. The quantitative estimate of drug-likeness (QED) is 0.660. The van der Waals surface area contributed by atoms with Crippen LogP contribution in [0.15, 0.2) is 54.7 Å². The molecule has 0 saturated carbocycles. The van der Waals surface area contributed by atoms with Crippen LogP contribution < -0.4 is 9.80 Å². The molecule has 2 aliphatic heterocycles. The summed E-state index contributed by atoms with van der Waals surface area (Å²) in [6.07, 6.45) is 3.27. The molecule has 6 nitrogen and oxygen atoms in total. The minimum absolute atomic E-state index is 0.0197. The summed E-state index contributed by atoms with van der Waals surface area (Å²) in [4.78, 5) is 30.8. The molecule has 6 heteroatoms. The summed E-state index contributed by atoms with van der Waals surface area (Å²) in [5, 5.41) is 4.41. The van der Waals surface area contributed by atoms with Crippen molar-refractivity contribution >= 4 is 23.2 Å². The van der Waals surface area contributed by atoms with Crippen LogP contribution in [0.1, 0.15) is 45.8 Å². The van der Waals surface area contributed by atoms with Crippen LogP contribution in [0.2, 0.25) is 0 Å². The third-order valence-electron chi connectivity index (χ3n) is 6.11. The number of carbonyl (C=O) groups excluding carboxylic acids is 2. The van der Waals surface area contributed by atoms with Crippen LogP contribution >= 0.6 is 0 Å². The smallest absolute Gasteiger partial charge is 0.279 e. The molecular formula is C24H24N4O2. The molecule has 1 aromatic heterocycles. The van der Waals surface area contributed by atoms with Gasteiger partial charge < -0.3 is 9.80 Å². The lowest BCUT2D eigenvalue weighted by atomic mass is 10.1. The van der Waals surface area contributed by atoms with Gasteiger partial charge in [0.15, 0.2) is 5.69 Å². The van der Waals surface area contributed by atoms with E-state index in [0.29, 0.717) is 5.56 Å². The lowest BCUT2D eigenvalue weighted by Crippen LogP contribution is -2.39. The molecule has 5 rings (SSSR count). The molecule has 2 aliphatic rings. The molecule has 152 valence electrons. The second-order valence-electron chi connectivity index (χ2n) is 8.28. The fourth-order valence-electron chi connectivity index (χ4n) is 4.80. The van der Waals surface area contributed by atoms with Crippen molar-refractivity contribution in [3.63, 3.8) is 0 Å². The average Bonchev–Trinajstić information content (AvgIpc) is 3.38. The number of rotatable bonds is 2. The predicted octanol–water partition coefficient (Wildman–Crippen LogP) is 3.60. The fraction of sp³-hybridized carbons (Fsp3) is 0.292. The maximum atomic E-state index is 13.6. The number of para-hydroxylation sites is 2. The first-order chi connectivity index (χ1) is 14.5. The highest BCUT2D eigenvalue weighted by Gasteiger charge is 2.38. The summed E-state index contributed by atoms with van der Waals surface area (Å²) in [5.41, 5.74) is 4.67. The van der Waals surface area contributed by atoms with E-state index in [-0.39, 0.29) is 29.6 Å². The molecule has 2 aromatic carbocycles. The maximum Gasteiger partial charge on any atom is 0.279 e.